The number of carbonyl (C=O) groups excluding carboxylic acids is 3. The van der Waals surface area contributed by atoms with Crippen LogP contribution in [-0.2, 0) is 14.4 Å². The number of carboxylic acids is 1. The van der Waals surface area contributed by atoms with Gasteiger partial charge in [-0.05, 0) is 0 Å². The lowest BCUT2D eigenvalue weighted by Crippen LogP contribution is -2.70. The number of hydrogen-bond donors (Lipinski definition) is 2. The van der Waals surface area contributed by atoms with Crippen LogP contribution in [0, 0.1) is 5.41 Å². The Labute approximate surface area is 161 Å². The van der Waals surface area contributed by atoms with Crippen molar-refractivity contribution in [2.45, 2.75) is 30.7 Å². The molecule has 2 atom stereocenters. The molecule has 8 nitrogen and oxygen atoms in total. The van der Waals surface area contributed by atoms with Crippen LogP contribution in [-0.4, -0.2) is 70.5 Å². The summed E-state index contributed by atoms with van der Waals surface area (Å²) >= 11 is 1.52. The Kier molecular flexibility index (Phi) is 4.79. The summed E-state index contributed by atoms with van der Waals surface area (Å²) in [6.45, 7) is 3.02. The van der Waals surface area contributed by atoms with Crippen molar-refractivity contribution in [2.75, 3.05) is 31.9 Å². The molecule has 0 aromatic heterocycles. The molecule has 5 aliphatic rings. The van der Waals surface area contributed by atoms with Crippen molar-refractivity contribution >= 4 is 42.0 Å². The summed E-state index contributed by atoms with van der Waals surface area (Å²) in [5.41, 5.74) is 11.8. The molecule has 4 saturated heterocycles. The fraction of sp³-hybridized carbons (Fsp3) is 0.688. The molecule has 0 aromatic carbocycles. The van der Waals surface area contributed by atoms with Crippen molar-refractivity contribution in [1.29, 1.82) is 0 Å². The normalized spacial score (nSPS) is 38.3. The van der Waals surface area contributed by atoms with Crippen LogP contribution in [0.25, 0.3) is 0 Å². The van der Waals surface area contributed by atoms with E-state index >= 15 is 0 Å². The van der Waals surface area contributed by atoms with Crippen molar-refractivity contribution in [1.82, 2.24) is 4.90 Å². The highest BCUT2D eigenvalue weighted by Crippen LogP contribution is 2.46. The molecule has 0 saturated carbocycles. The minimum atomic E-state index is -1.31. The lowest BCUT2D eigenvalue weighted by molar-refractivity contribution is -0.940. The number of thioether (sulfide) groups is 1. The van der Waals surface area contributed by atoms with E-state index in [-0.39, 0.29) is 40.7 Å². The van der Waals surface area contributed by atoms with E-state index in [4.69, 9.17) is 11.5 Å². The summed E-state index contributed by atoms with van der Waals surface area (Å²) in [6, 6.07) is -0.630. The Hall–Kier alpha value is -1.29. The van der Waals surface area contributed by atoms with Crippen LogP contribution in [0.15, 0.2) is 11.3 Å². The van der Waals surface area contributed by atoms with Gasteiger partial charge < -0.3 is 25.9 Å². The van der Waals surface area contributed by atoms with Gasteiger partial charge in [-0.25, -0.2) is 0 Å². The number of nitrogens with two attached hydrogens (primary N) is 2. The molecule has 2 bridgehead atoms. The van der Waals surface area contributed by atoms with Crippen molar-refractivity contribution in [2.24, 2.45) is 16.9 Å². The smallest absolute Gasteiger partial charge is 0.248 e. The first kappa shape index (κ1) is 19.5. The predicted octanol–water partition coefficient (Wildman–Crippen LogP) is -1.86. The number of β-lactam (4-membered cyclic amide) rings is 1. The quantitative estimate of drug-likeness (QED) is 0.419. The first-order chi connectivity index (χ1) is 11.8. The lowest BCUT2D eigenvalue weighted by Gasteiger charge is -2.55. The van der Waals surface area contributed by atoms with E-state index in [1.54, 1.807) is 0 Å². The Morgan fingerprint density at radius 1 is 1.27 bits per heavy atom. The van der Waals surface area contributed by atoms with Gasteiger partial charge in [0.15, 0.2) is 0 Å². The summed E-state index contributed by atoms with van der Waals surface area (Å²) in [6.07, 6.45) is 2.25. The van der Waals surface area contributed by atoms with Gasteiger partial charge in [-0.2, -0.15) is 0 Å². The van der Waals surface area contributed by atoms with E-state index in [0.717, 1.165) is 49.0 Å². The number of carbonyl (C=O) groups is 3. The summed E-state index contributed by atoms with van der Waals surface area (Å²) < 4.78 is 0.764. The summed E-state index contributed by atoms with van der Waals surface area (Å²) in [5, 5.41) is 11.4. The zero-order valence-electron chi connectivity index (χ0n) is 14.3. The zero-order valence-corrected chi connectivity index (χ0v) is 15.9. The number of nitrogens with zero attached hydrogens (tertiary/aromatic N) is 2. The van der Waals surface area contributed by atoms with Crippen LogP contribution < -0.4 is 16.6 Å². The van der Waals surface area contributed by atoms with Gasteiger partial charge in [-0.3, -0.25) is 14.5 Å². The number of hydrogen-bond acceptors (Lipinski definition) is 6. The minimum absolute atomic E-state index is 0. The second kappa shape index (κ2) is 6.40. The Morgan fingerprint density at radius 3 is 2.35 bits per heavy atom. The average Bonchev–Trinajstić information content (AvgIpc) is 2.61. The van der Waals surface area contributed by atoms with Crippen LogP contribution in [0.2, 0.25) is 0 Å². The molecular formula is C16H23ClN4O4S. The van der Waals surface area contributed by atoms with Crippen LogP contribution in [0.4, 0.5) is 0 Å². The SMILES string of the molecule is Cl.NC(=O)C12CC[N+](CC3=C(C(=O)[O-])N4C(=O)[C@@H](N)[C@@H]4SC3)(CC1)CC2. The fourth-order valence-electron chi connectivity index (χ4n) is 4.77. The number of carboxylic acid groups (broad SMARTS) is 1. The number of rotatable bonds is 4. The number of piperidine rings is 3. The van der Waals surface area contributed by atoms with Gasteiger partial charge in [0.25, 0.3) is 0 Å². The topological polar surface area (TPSA) is 130 Å². The highest BCUT2D eigenvalue weighted by Gasteiger charge is 2.54. The number of amides is 2. The third kappa shape index (κ3) is 2.64. The number of primary amides is 1. The largest absolute Gasteiger partial charge is 0.543 e. The van der Waals surface area contributed by atoms with Crippen molar-refractivity contribution < 1.29 is 24.0 Å². The second-order valence-corrected chi connectivity index (χ2v) is 8.85. The monoisotopic (exact) mass is 402 g/mol. The van der Waals surface area contributed by atoms with Crippen LogP contribution >= 0.6 is 24.2 Å². The van der Waals surface area contributed by atoms with Crippen LogP contribution in [0.5, 0.6) is 0 Å². The molecule has 0 aromatic rings. The summed E-state index contributed by atoms with van der Waals surface area (Å²) in [5.74, 6) is -1.32. The van der Waals surface area contributed by atoms with Crippen LogP contribution in [0.1, 0.15) is 19.3 Å². The predicted molar refractivity (Wildman–Crippen MR) is 95.6 cm³/mol. The van der Waals surface area contributed by atoms with Gasteiger partial charge in [-0.1, -0.05) is 0 Å². The summed E-state index contributed by atoms with van der Waals surface area (Å²) in [4.78, 5) is 36.8. The maximum absolute atomic E-state index is 12.0. The molecule has 26 heavy (non-hydrogen) atoms. The first-order valence-corrected chi connectivity index (χ1v) is 9.62. The molecule has 0 spiro atoms. The van der Waals surface area contributed by atoms with Gasteiger partial charge in [0.05, 0.1) is 36.7 Å². The molecule has 2 amide bonds. The van der Waals surface area contributed by atoms with E-state index in [1.807, 2.05) is 0 Å². The molecule has 4 fully saturated rings. The Morgan fingerprint density at radius 2 is 1.85 bits per heavy atom. The van der Waals surface area contributed by atoms with Crippen molar-refractivity contribution in [3.63, 3.8) is 0 Å². The lowest BCUT2D eigenvalue weighted by atomic mass is 9.70. The average molecular weight is 403 g/mol. The molecule has 5 aliphatic heterocycles. The first-order valence-electron chi connectivity index (χ1n) is 8.57. The van der Waals surface area contributed by atoms with Gasteiger partial charge >= 0.3 is 0 Å². The van der Waals surface area contributed by atoms with Crippen LogP contribution in [0.3, 0.4) is 0 Å². The van der Waals surface area contributed by atoms with E-state index in [1.165, 1.54) is 16.7 Å². The maximum Gasteiger partial charge on any atom is 0.248 e. The van der Waals surface area contributed by atoms with Gasteiger partial charge in [0.1, 0.15) is 18.0 Å². The zero-order chi connectivity index (χ0) is 18.0. The highest BCUT2D eigenvalue weighted by molar-refractivity contribution is 8.00. The van der Waals surface area contributed by atoms with E-state index in [0.29, 0.717) is 12.3 Å². The molecule has 5 rings (SSSR count). The number of quaternary nitrogens is 1. The molecule has 0 unspecified atom stereocenters. The second-order valence-electron chi connectivity index (χ2n) is 7.74. The standard InChI is InChI=1S/C16H22N4O4S.ClH/c17-10-12(21)19-11(14(22)23)9(8-25-13(10)19)7-20-4-1-16(2-5-20,3-6-20)15(18)24;/h10,13H,1-8,17H2,(H2-,18,22,23,24);1H/t10-,13+,16?,20?;/m1./s1. The number of aliphatic carboxylic acids is 1. The molecule has 10 heteroatoms. The molecule has 144 valence electrons. The third-order valence-corrected chi connectivity index (χ3v) is 7.89. The highest BCUT2D eigenvalue weighted by atomic mass is 35.5. The molecule has 5 heterocycles. The third-order valence-electron chi connectivity index (χ3n) is 6.52. The Balaban J connectivity index is 0.00000196. The van der Waals surface area contributed by atoms with Gasteiger partial charge in [0, 0.05) is 30.6 Å². The molecular weight excluding hydrogens is 380 g/mol. The Bertz CT molecular complexity index is 688. The van der Waals surface area contributed by atoms with Crippen molar-refractivity contribution in [3.8, 4) is 0 Å². The molecule has 0 aliphatic carbocycles. The number of fused-ring (bicyclic) bond motifs is 4. The maximum atomic E-state index is 12.0. The fourth-order valence-corrected chi connectivity index (χ4v) is 6.05. The van der Waals surface area contributed by atoms with Crippen molar-refractivity contribution in [3.05, 3.63) is 11.3 Å². The van der Waals surface area contributed by atoms with E-state index in [9.17, 15) is 19.5 Å². The summed E-state index contributed by atoms with van der Waals surface area (Å²) in [7, 11) is 0. The van der Waals surface area contributed by atoms with E-state index in [2.05, 4.69) is 0 Å². The van der Waals surface area contributed by atoms with E-state index < -0.39 is 12.0 Å². The molecule has 0 radical (unpaired) electrons. The minimum Gasteiger partial charge on any atom is -0.543 e. The van der Waals surface area contributed by atoms with Gasteiger partial charge in [-0.15, -0.1) is 24.2 Å². The number of halogens is 1. The molecule has 4 N–H and O–H groups in total. The van der Waals surface area contributed by atoms with Gasteiger partial charge in [0.2, 0.25) is 11.8 Å².